The first kappa shape index (κ1) is 20.0. The van der Waals surface area contributed by atoms with Crippen LogP contribution in [0.2, 0.25) is 0 Å². The van der Waals surface area contributed by atoms with E-state index in [2.05, 4.69) is 0 Å². The van der Waals surface area contributed by atoms with Gasteiger partial charge in [-0.1, -0.05) is 36.4 Å². The van der Waals surface area contributed by atoms with Crippen LogP contribution in [0.15, 0.2) is 48.5 Å². The number of amides is 1. The average Bonchev–Trinajstić information content (AvgIpc) is 2.67. The summed E-state index contributed by atoms with van der Waals surface area (Å²) in [5, 5.41) is 9.84. The third kappa shape index (κ3) is 5.60. The lowest BCUT2D eigenvalue weighted by Crippen LogP contribution is -2.27. The summed E-state index contributed by atoms with van der Waals surface area (Å²) in [6, 6.07) is 13.8. The minimum absolute atomic E-state index is 0.0226. The van der Waals surface area contributed by atoms with Gasteiger partial charge in [-0.25, -0.2) is 4.79 Å². The van der Waals surface area contributed by atoms with Gasteiger partial charge in [0.15, 0.2) is 18.1 Å². The molecule has 1 amide bonds. The molecule has 6 heteroatoms. The van der Waals surface area contributed by atoms with Gasteiger partial charge in [-0.05, 0) is 36.3 Å². The van der Waals surface area contributed by atoms with Gasteiger partial charge in [0.1, 0.15) is 0 Å². The van der Waals surface area contributed by atoms with Crippen molar-refractivity contribution in [3.05, 3.63) is 59.7 Å². The molecular formula is C21H23NO5. The molecule has 6 nitrogen and oxygen atoms in total. The van der Waals surface area contributed by atoms with E-state index in [0.717, 1.165) is 0 Å². The number of likely N-dealkylation sites (N-methyl/N-ethyl adjacent to an activating group) is 1. The molecule has 142 valence electrons. The molecule has 0 aliphatic heterocycles. The third-order valence-corrected chi connectivity index (χ3v) is 3.72. The smallest absolute Gasteiger partial charge is 0.339 e. The summed E-state index contributed by atoms with van der Waals surface area (Å²) in [5.41, 5.74) is 1.62. The van der Waals surface area contributed by atoms with Crippen LogP contribution in [0.4, 0.5) is 0 Å². The molecule has 0 aromatic heterocycles. The number of rotatable bonds is 7. The van der Waals surface area contributed by atoms with Crippen molar-refractivity contribution in [2.75, 3.05) is 27.3 Å². The normalized spacial score (nSPS) is 11.0. The van der Waals surface area contributed by atoms with Gasteiger partial charge in [-0.15, -0.1) is 0 Å². The summed E-state index contributed by atoms with van der Waals surface area (Å²) in [7, 11) is 3.19. The van der Waals surface area contributed by atoms with Crippen molar-refractivity contribution < 1.29 is 24.2 Å². The van der Waals surface area contributed by atoms with Gasteiger partial charge in [-0.3, -0.25) is 4.79 Å². The van der Waals surface area contributed by atoms with Gasteiger partial charge >= 0.3 is 5.97 Å². The number of hydrogen-bond donors (Lipinski definition) is 1. The molecular weight excluding hydrogens is 346 g/mol. The molecule has 0 saturated carbocycles. The van der Waals surface area contributed by atoms with Crippen LogP contribution in [-0.2, 0) is 14.3 Å². The first-order valence-corrected chi connectivity index (χ1v) is 8.52. The fourth-order valence-electron chi connectivity index (χ4n) is 2.27. The number of carbonyl (C=O) groups excluding carboxylic acids is 2. The van der Waals surface area contributed by atoms with Crippen LogP contribution in [0.25, 0.3) is 11.6 Å². The van der Waals surface area contributed by atoms with E-state index in [9.17, 15) is 14.7 Å². The highest BCUT2D eigenvalue weighted by atomic mass is 16.5. The van der Waals surface area contributed by atoms with Crippen LogP contribution in [0.5, 0.6) is 11.5 Å². The Balaban J connectivity index is 2.36. The molecule has 0 aliphatic rings. The van der Waals surface area contributed by atoms with Gasteiger partial charge in [0.2, 0.25) is 0 Å². The molecule has 0 aliphatic carbocycles. The Morgan fingerprint density at radius 2 is 1.81 bits per heavy atom. The van der Waals surface area contributed by atoms with E-state index in [1.807, 2.05) is 25.1 Å². The largest absolute Gasteiger partial charge is 0.504 e. The summed E-state index contributed by atoms with van der Waals surface area (Å²) in [5.74, 6) is -0.564. The Bertz CT molecular complexity index is 828. The van der Waals surface area contributed by atoms with Crippen LogP contribution in [0.1, 0.15) is 18.1 Å². The van der Waals surface area contributed by atoms with Crippen molar-refractivity contribution in [2.24, 2.45) is 0 Å². The van der Waals surface area contributed by atoms with Crippen LogP contribution >= 0.6 is 0 Å². The number of nitrogens with zero attached hydrogens (tertiary/aromatic N) is 1. The predicted molar refractivity (Wildman–Crippen MR) is 103 cm³/mol. The highest BCUT2D eigenvalue weighted by molar-refractivity contribution is 6.21. The standard InChI is InChI=1S/C21H23NO5/c1-4-26-19-13-15(10-11-18(19)23)12-17(16-8-6-5-7-9-16)21(25)27-14-20(24)22(2)3/h5-13,23H,4,14H2,1-3H3/b17-12+. The summed E-state index contributed by atoms with van der Waals surface area (Å²) in [6.07, 6.45) is 1.64. The molecule has 0 saturated heterocycles. The van der Waals surface area contributed by atoms with Crippen molar-refractivity contribution in [2.45, 2.75) is 6.92 Å². The number of benzene rings is 2. The van der Waals surface area contributed by atoms with Gasteiger partial charge in [0, 0.05) is 14.1 Å². The molecule has 0 fully saturated rings. The highest BCUT2D eigenvalue weighted by Gasteiger charge is 2.16. The van der Waals surface area contributed by atoms with Crippen LogP contribution in [0.3, 0.4) is 0 Å². The SMILES string of the molecule is CCOc1cc(/C=C(/C(=O)OCC(=O)N(C)C)c2ccccc2)ccc1O. The van der Waals surface area contributed by atoms with Gasteiger partial charge in [0.25, 0.3) is 5.91 Å². The molecule has 0 bridgehead atoms. The monoisotopic (exact) mass is 369 g/mol. The minimum atomic E-state index is -0.609. The maximum absolute atomic E-state index is 12.6. The van der Waals surface area contributed by atoms with E-state index in [1.165, 1.54) is 11.0 Å². The van der Waals surface area contributed by atoms with Crippen molar-refractivity contribution in [1.29, 1.82) is 0 Å². The Kier molecular flexibility index (Phi) is 7.00. The Morgan fingerprint density at radius 1 is 1.11 bits per heavy atom. The molecule has 0 spiro atoms. The third-order valence-electron chi connectivity index (χ3n) is 3.72. The van der Waals surface area contributed by atoms with E-state index >= 15 is 0 Å². The zero-order valence-corrected chi connectivity index (χ0v) is 15.6. The number of carbonyl (C=O) groups is 2. The molecule has 27 heavy (non-hydrogen) atoms. The van der Waals surface area contributed by atoms with E-state index in [1.54, 1.807) is 44.4 Å². The quantitative estimate of drug-likeness (QED) is 0.461. The van der Waals surface area contributed by atoms with Crippen molar-refractivity contribution >= 4 is 23.5 Å². The van der Waals surface area contributed by atoms with Gasteiger partial charge < -0.3 is 19.5 Å². The molecule has 2 aromatic carbocycles. The maximum Gasteiger partial charge on any atom is 0.339 e. The Hall–Kier alpha value is -3.28. The number of aromatic hydroxyl groups is 1. The maximum atomic E-state index is 12.6. The summed E-state index contributed by atoms with van der Waals surface area (Å²) >= 11 is 0. The molecule has 2 aromatic rings. The van der Waals surface area contributed by atoms with Crippen molar-refractivity contribution in [3.8, 4) is 11.5 Å². The Morgan fingerprint density at radius 3 is 2.44 bits per heavy atom. The van der Waals surface area contributed by atoms with E-state index in [4.69, 9.17) is 9.47 Å². The van der Waals surface area contributed by atoms with Gasteiger partial charge in [-0.2, -0.15) is 0 Å². The molecule has 2 rings (SSSR count). The second-order valence-corrected chi connectivity index (χ2v) is 5.95. The Labute approximate surface area is 158 Å². The molecule has 0 heterocycles. The van der Waals surface area contributed by atoms with Crippen molar-refractivity contribution in [1.82, 2.24) is 4.90 Å². The highest BCUT2D eigenvalue weighted by Crippen LogP contribution is 2.29. The zero-order valence-electron chi connectivity index (χ0n) is 15.6. The molecule has 0 atom stereocenters. The van der Waals surface area contributed by atoms with E-state index in [0.29, 0.717) is 29.1 Å². The predicted octanol–water partition coefficient (Wildman–Crippen LogP) is 2.96. The molecule has 0 unspecified atom stereocenters. The van der Waals surface area contributed by atoms with Crippen LogP contribution in [-0.4, -0.2) is 49.2 Å². The van der Waals surface area contributed by atoms with Crippen LogP contribution in [0, 0.1) is 0 Å². The first-order valence-electron chi connectivity index (χ1n) is 8.52. The number of hydrogen-bond acceptors (Lipinski definition) is 5. The first-order chi connectivity index (χ1) is 12.9. The number of phenols is 1. The van der Waals surface area contributed by atoms with Crippen molar-refractivity contribution in [3.63, 3.8) is 0 Å². The lowest BCUT2D eigenvalue weighted by molar-refractivity contribution is -0.146. The lowest BCUT2D eigenvalue weighted by atomic mass is 10.0. The second kappa shape index (κ2) is 9.43. The second-order valence-electron chi connectivity index (χ2n) is 5.95. The topological polar surface area (TPSA) is 76.1 Å². The van der Waals surface area contributed by atoms with Crippen LogP contribution < -0.4 is 4.74 Å². The summed E-state index contributed by atoms with van der Waals surface area (Å²) in [4.78, 5) is 25.7. The number of phenolic OH excluding ortho intramolecular Hbond substituents is 1. The van der Waals surface area contributed by atoms with E-state index < -0.39 is 5.97 Å². The summed E-state index contributed by atoms with van der Waals surface area (Å²) in [6.45, 7) is 1.88. The average molecular weight is 369 g/mol. The lowest BCUT2D eigenvalue weighted by Gasteiger charge is -2.12. The number of ether oxygens (including phenoxy) is 2. The fourth-order valence-corrected chi connectivity index (χ4v) is 2.27. The number of esters is 1. The fraction of sp³-hybridized carbons (Fsp3) is 0.238. The van der Waals surface area contributed by atoms with E-state index in [-0.39, 0.29) is 18.3 Å². The minimum Gasteiger partial charge on any atom is -0.504 e. The molecule has 1 N–H and O–H groups in total. The van der Waals surface area contributed by atoms with Gasteiger partial charge in [0.05, 0.1) is 12.2 Å². The summed E-state index contributed by atoms with van der Waals surface area (Å²) < 4.78 is 10.6. The zero-order chi connectivity index (χ0) is 19.8. The molecule has 0 radical (unpaired) electrons.